The van der Waals surface area contributed by atoms with Gasteiger partial charge in [-0.25, -0.2) is 8.42 Å². The van der Waals surface area contributed by atoms with Crippen LogP contribution in [-0.4, -0.2) is 26.0 Å². The van der Waals surface area contributed by atoms with Crippen molar-refractivity contribution in [3.63, 3.8) is 0 Å². The Hall–Kier alpha value is -3.65. The molecular weight excluding hydrogens is 402 g/mol. The maximum Gasteiger partial charge on any atom is 0.257 e. The molecule has 0 radical (unpaired) electrons. The average molecular weight is 423 g/mol. The molecule has 0 aliphatic heterocycles. The predicted molar refractivity (Wildman–Crippen MR) is 118 cm³/mol. The van der Waals surface area contributed by atoms with Gasteiger partial charge in [-0.1, -0.05) is 30.3 Å². The van der Waals surface area contributed by atoms with Crippen LogP contribution < -0.4 is 15.4 Å². The van der Waals surface area contributed by atoms with Crippen molar-refractivity contribution in [3.8, 4) is 0 Å². The van der Waals surface area contributed by atoms with Crippen LogP contribution in [0.15, 0.2) is 78.9 Å². The first-order chi connectivity index (χ1) is 14.4. The summed E-state index contributed by atoms with van der Waals surface area (Å²) in [5.41, 5.74) is 2.07. The smallest absolute Gasteiger partial charge is 0.257 e. The third-order valence-electron chi connectivity index (χ3n) is 4.25. The van der Waals surface area contributed by atoms with Gasteiger partial charge in [-0.05, 0) is 55.5 Å². The molecule has 3 N–H and O–H groups in total. The van der Waals surface area contributed by atoms with Gasteiger partial charge in [0.25, 0.3) is 11.8 Å². The van der Waals surface area contributed by atoms with Crippen molar-refractivity contribution in [2.75, 3.05) is 21.1 Å². The summed E-state index contributed by atoms with van der Waals surface area (Å²) in [5, 5.41) is 5.51. The number of amides is 2. The molecule has 0 fully saturated rings. The summed E-state index contributed by atoms with van der Waals surface area (Å²) in [7, 11) is -3.37. The van der Waals surface area contributed by atoms with E-state index in [0.717, 1.165) is 0 Å². The lowest BCUT2D eigenvalue weighted by atomic mass is 10.1. The monoisotopic (exact) mass is 423 g/mol. The second-order valence-corrected chi connectivity index (χ2v) is 8.41. The molecule has 0 aromatic heterocycles. The first-order valence-corrected chi connectivity index (χ1v) is 10.9. The lowest BCUT2D eigenvalue weighted by Gasteiger charge is -2.12. The van der Waals surface area contributed by atoms with Gasteiger partial charge in [0.2, 0.25) is 10.0 Å². The van der Waals surface area contributed by atoms with E-state index in [4.69, 9.17) is 0 Å². The van der Waals surface area contributed by atoms with Gasteiger partial charge in [-0.3, -0.25) is 14.3 Å². The molecule has 3 rings (SSSR count). The predicted octanol–water partition coefficient (Wildman–Crippen LogP) is 3.95. The fourth-order valence-corrected chi connectivity index (χ4v) is 3.29. The number of sulfonamides is 1. The Kier molecular flexibility index (Phi) is 6.48. The first kappa shape index (κ1) is 21.1. The van der Waals surface area contributed by atoms with Crippen LogP contribution in [0.1, 0.15) is 27.6 Å². The number of anilines is 3. The highest BCUT2D eigenvalue weighted by molar-refractivity contribution is 7.92. The largest absolute Gasteiger partial charge is 0.322 e. The molecule has 0 bridgehead atoms. The van der Waals surface area contributed by atoms with E-state index in [-0.39, 0.29) is 11.7 Å². The number of hydrogen-bond acceptors (Lipinski definition) is 4. The molecule has 30 heavy (non-hydrogen) atoms. The second kappa shape index (κ2) is 9.23. The number of nitrogens with one attached hydrogen (secondary N) is 3. The van der Waals surface area contributed by atoms with Crippen LogP contribution in [0.2, 0.25) is 0 Å². The normalized spacial score (nSPS) is 10.8. The molecule has 0 saturated carbocycles. The van der Waals surface area contributed by atoms with Gasteiger partial charge in [0.1, 0.15) is 0 Å². The number of carbonyl (C=O) groups is 2. The van der Waals surface area contributed by atoms with Crippen LogP contribution in [0.3, 0.4) is 0 Å². The quantitative estimate of drug-likeness (QED) is 0.535. The zero-order valence-electron chi connectivity index (χ0n) is 16.3. The Morgan fingerprint density at radius 3 is 2.00 bits per heavy atom. The van der Waals surface area contributed by atoms with Gasteiger partial charge in [0.05, 0.1) is 17.0 Å². The summed E-state index contributed by atoms with van der Waals surface area (Å²) in [6.45, 7) is 1.55. The molecule has 0 aliphatic rings. The number of carbonyl (C=O) groups excluding carboxylic acids is 2. The van der Waals surface area contributed by atoms with Gasteiger partial charge < -0.3 is 10.6 Å². The Balaban J connectivity index is 1.72. The maximum absolute atomic E-state index is 12.7. The minimum absolute atomic E-state index is 0.0308. The minimum atomic E-state index is -3.37. The zero-order chi connectivity index (χ0) is 21.6. The summed E-state index contributed by atoms with van der Waals surface area (Å²) < 4.78 is 25.7. The third kappa shape index (κ3) is 5.45. The summed E-state index contributed by atoms with van der Waals surface area (Å²) in [6.07, 6.45) is 0. The number of hydrogen-bond donors (Lipinski definition) is 3. The fourth-order valence-electron chi connectivity index (χ4n) is 2.65. The van der Waals surface area contributed by atoms with Crippen molar-refractivity contribution in [2.24, 2.45) is 0 Å². The van der Waals surface area contributed by atoms with Crippen LogP contribution in [0.5, 0.6) is 0 Å². The Morgan fingerprint density at radius 1 is 0.733 bits per heavy atom. The van der Waals surface area contributed by atoms with Gasteiger partial charge in [0.15, 0.2) is 0 Å². The lowest BCUT2D eigenvalue weighted by Crippen LogP contribution is -2.18. The standard InChI is InChI=1S/C22H21N3O4S/c1-2-30(28,29)25-18-14-12-17(13-15-18)23-22(27)19-10-6-7-11-20(19)24-21(26)16-8-4-3-5-9-16/h3-15,25H,2H2,1H3,(H,23,27)(H,24,26). The van der Waals surface area contributed by atoms with Crippen LogP contribution in [0.4, 0.5) is 17.1 Å². The van der Waals surface area contributed by atoms with Gasteiger partial charge in [-0.15, -0.1) is 0 Å². The third-order valence-corrected chi connectivity index (χ3v) is 5.56. The number of benzene rings is 3. The van der Waals surface area contributed by atoms with Crippen molar-refractivity contribution in [3.05, 3.63) is 90.0 Å². The molecule has 0 spiro atoms. The molecule has 3 aromatic carbocycles. The van der Waals surface area contributed by atoms with E-state index in [1.807, 2.05) is 6.07 Å². The topological polar surface area (TPSA) is 104 Å². The van der Waals surface area contributed by atoms with Crippen LogP contribution in [0.25, 0.3) is 0 Å². The maximum atomic E-state index is 12.7. The van der Waals surface area contributed by atoms with Crippen LogP contribution >= 0.6 is 0 Å². The molecule has 154 valence electrons. The summed E-state index contributed by atoms with van der Waals surface area (Å²) >= 11 is 0. The van der Waals surface area contributed by atoms with Crippen molar-refractivity contribution in [1.82, 2.24) is 0 Å². The van der Waals surface area contributed by atoms with E-state index in [1.165, 1.54) is 0 Å². The van der Waals surface area contributed by atoms with Gasteiger partial charge >= 0.3 is 0 Å². The molecule has 2 amide bonds. The molecule has 0 atom stereocenters. The average Bonchev–Trinajstić information content (AvgIpc) is 2.76. The lowest BCUT2D eigenvalue weighted by molar-refractivity contribution is 0.102. The SMILES string of the molecule is CCS(=O)(=O)Nc1ccc(NC(=O)c2ccccc2NC(=O)c2ccccc2)cc1. The molecule has 3 aromatic rings. The van der Waals surface area contributed by atoms with E-state index in [9.17, 15) is 18.0 Å². The Labute approximate surface area is 175 Å². The number of para-hydroxylation sites is 1. The Morgan fingerprint density at radius 2 is 1.33 bits per heavy atom. The van der Waals surface area contributed by atoms with E-state index in [0.29, 0.717) is 28.2 Å². The van der Waals surface area contributed by atoms with Crippen molar-refractivity contribution < 1.29 is 18.0 Å². The van der Waals surface area contributed by atoms with E-state index in [1.54, 1.807) is 79.7 Å². The molecular formula is C22H21N3O4S. The highest BCUT2D eigenvalue weighted by Gasteiger charge is 2.14. The molecule has 0 aliphatic carbocycles. The Bertz CT molecular complexity index is 1140. The van der Waals surface area contributed by atoms with Crippen molar-refractivity contribution >= 4 is 38.9 Å². The summed E-state index contributed by atoms with van der Waals surface area (Å²) in [4.78, 5) is 25.2. The van der Waals surface area contributed by atoms with Crippen LogP contribution in [0, 0.1) is 0 Å². The highest BCUT2D eigenvalue weighted by atomic mass is 32.2. The number of rotatable bonds is 7. The van der Waals surface area contributed by atoms with E-state index >= 15 is 0 Å². The van der Waals surface area contributed by atoms with Gasteiger partial charge in [-0.2, -0.15) is 0 Å². The minimum Gasteiger partial charge on any atom is -0.322 e. The molecule has 0 saturated heterocycles. The summed E-state index contributed by atoms with van der Waals surface area (Å²) in [6, 6.07) is 21.7. The molecule has 8 heteroatoms. The van der Waals surface area contributed by atoms with Crippen LogP contribution in [-0.2, 0) is 10.0 Å². The molecule has 7 nitrogen and oxygen atoms in total. The highest BCUT2D eigenvalue weighted by Crippen LogP contribution is 2.20. The van der Waals surface area contributed by atoms with Gasteiger partial charge in [0, 0.05) is 16.9 Å². The molecule has 0 unspecified atom stereocenters. The fraction of sp³-hybridized carbons (Fsp3) is 0.0909. The van der Waals surface area contributed by atoms with E-state index < -0.39 is 15.9 Å². The zero-order valence-corrected chi connectivity index (χ0v) is 17.1. The molecule has 0 heterocycles. The van der Waals surface area contributed by atoms with E-state index in [2.05, 4.69) is 15.4 Å². The second-order valence-electron chi connectivity index (χ2n) is 6.40. The first-order valence-electron chi connectivity index (χ1n) is 9.25. The van der Waals surface area contributed by atoms with Crippen molar-refractivity contribution in [1.29, 1.82) is 0 Å². The van der Waals surface area contributed by atoms with Crippen molar-refractivity contribution in [2.45, 2.75) is 6.92 Å². The summed E-state index contributed by atoms with van der Waals surface area (Å²) in [5.74, 6) is -0.749.